The molecule has 0 unspecified atom stereocenters. The van der Waals surface area contributed by atoms with Gasteiger partial charge in [-0.1, -0.05) is 41.4 Å². The van der Waals surface area contributed by atoms with Crippen molar-refractivity contribution >= 4 is 46.6 Å². The minimum atomic E-state index is -0.643. The van der Waals surface area contributed by atoms with Crippen molar-refractivity contribution in [2.24, 2.45) is 15.9 Å². The van der Waals surface area contributed by atoms with Crippen molar-refractivity contribution in [3.8, 4) is 0 Å². The molecule has 1 saturated heterocycles. The maximum atomic E-state index is 13.0. The molecular weight excluding hydrogens is 449 g/mol. The number of nitrogens with zero attached hydrogens (tertiary/aromatic N) is 4. The largest absolute Gasteiger partial charge is 0.378 e. The summed E-state index contributed by atoms with van der Waals surface area (Å²) in [5.41, 5.74) is 7.20. The number of amides is 2. The molecule has 1 fully saturated rings. The van der Waals surface area contributed by atoms with Gasteiger partial charge in [0.25, 0.3) is 11.8 Å². The van der Waals surface area contributed by atoms with Crippen molar-refractivity contribution in [3.05, 3.63) is 69.7 Å². The number of nitrogens with two attached hydrogens (primary N) is 1. The van der Waals surface area contributed by atoms with Crippen LogP contribution in [0.15, 0.2) is 58.7 Å². The summed E-state index contributed by atoms with van der Waals surface area (Å²) in [5, 5.41) is 9.10. The summed E-state index contributed by atoms with van der Waals surface area (Å²) in [7, 11) is 0. The molecule has 2 N–H and O–H groups in total. The molecule has 2 aromatic carbocycles. The lowest BCUT2D eigenvalue weighted by molar-refractivity contribution is -0.132. The smallest absolute Gasteiger partial charge is 0.291 e. The van der Waals surface area contributed by atoms with Gasteiger partial charge in [-0.2, -0.15) is 5.10 Å². The summed E-state index contributed by atoms with van der Waals surface area (Å²) < 4.78 is 0. The van der Waals surface area contributed by atoms with E-state index in [1.165, 1.54) is 0 Å². The highest BCUT2D eigenvalue weighted by Gasteiger charge is 2.39. The molecule has 1 heterocycles. The Morgan fingerprint density at radius 3 is 2.16 bits per heavy atom. The molecule has 0 atom stereocenters. The van der Waals surface area contributed by atoms with Gasteiger partial charge in [-0.3, -0.25) is 9.59 Å². The summed E-state index contributed by atoms with van der Waals surface area (Å²) in [4.78, 5) is 29.2. The molecule has 1 aliphatic heterocycles. The molecule has 1 aliphatic rings. The van der Waals surface area contributed by atoms with Crippen molar-refractivity contribution in [1.29, 1.82) is 0 Å². The molecule has 7 nitrogen and oxygen atoms in total. The zero-order valence-electron chi connectivity index (χ0n) is 18.2. The van der Waals surface area contributed by atoms with E-state index in [9.17, 15) is 9.59 Å². The van der Waals surface area contributed by atoms with E-state index >= 15 is 0 Å². The lowest BCUT2D eigenvalue weighted by atomic mass is 9.97. The standard InChI is InChI=1S/C23H25Cl2N5O2/c1-15(16-6-4-8-18(24)12-16)27-28-20(26)22(32)30-11-10-29(14-23(30,2)3)21(31)17-7-5-9-19(25)13-17/h4-9,12-13H,10-11,14H2,1-3H3,(H2,26,28). The van der Waals surface area contributed by atoms with Crippen LogP contribution in [0, 0.1) is 0 Å². The van der Waals surface area contributed by atoms with Crippen LogP contribution in [-0.4, -0.2) is 58.3 Å². The van der Waals surface area contributed by atoms with E-state index < -0.39 is 11.4 Å². The van der Waals surface area contributed by atoms with Crippen LogP contribution in [0.25, 0.3) is 0 Å². The fraction of sp³-hybridized carbons (Fsp3) is 0.304. The van der Waals surface area contributed by atoms with Gasteiger partial charge in [-0.25, -0.2) is 0 Å². The van der Waals surface area contributed by atoms with E-state index in [0.29, 0.717) is 41.0 Å². The average molecular weight is 474 g/mol. The third-order valence-corrected chi connectivity index (χ3v) is 5.75. The van der Waals surface area contributed by atoms with Gasteiger partial charge in [0, 0.05) is 35.2 Å². The fourth-order valence-electron chi connectivity index (χ4n) is 3.59. The first-order chi connectivity index (χ1) is 15.1. The second-order valence-electron chi connectivity index (χ2n) is 8.19. The number of carbonyl (C=O) groups is 2. The molecule has 2 aromatic rings. The zero-order valence-corrected chi connectivity index (χ0v) is 19.7. The molecule has 3 rings (SSSR count). The van der Waals surface area contributed by atoms with Crippen molar-refractivity contribution in [3.63, 3.8) is 0 Å². The molecule has 0 bridgehead atoms. The van der Waals surface area contributed by atoms with E-state index in [4.69, 9.17) is 28.9 Å². The van der Waals surface area contributed by atoms with Crippen LogP contribution in [0.2, 0.25) is 10.0 Å². The zero-order chi connectivity index (χ0) is 23.5. The predicted molar refractivity (Wildman–Crippen MR) is 128 cm³/mol. The van der Waals surface area contributed by atoms with Gasteiger partial charge in [0.15, 0.2) is 0 Å². The van der Waals surface area contributed by atoms with E-state index in [0.717, 1.165) is 5.56 Å². The SMILES string of the molecule is CC(=NN=C(N)C(=O)N1CCN(C(=O)c2cccc(Cl)c2)CC1(C)C)c1cccc(Cl)c1. The Hall–Kier alpha value is -2.90. The highest BCUT2D eigenvalue weighted by Crippen LogP contribution is 2.23. The molecule has 32 heavy (non-hydrogen) atoms. The van der Waals surface area contributed by atoms with Crippen LogP contribution < -0.4 is 5.73 Å². The summed E-state index contributed by atoms with van der Waals surface area (Å²) in [6, 6.07) is 14.0. The van der Waals surface area contributed by atoms with Gasteiger partial charge in [0.05, 0.1) is 11.3 Å². The molecule has 0 aliphatic carbocycles. The molecule has 0 spiro atoms. The van der Waals surface area contributed by atoms with Crippen molar-refractivity contribution < 1.29 is 9.59 Å². The third kappa shape index (κ3) is 5.47. The molecule has 9 heteroatoms. The second-order valence-corrected chi connectivity index (χ2v) is 9.06. The van der Waals surface area contributed by atoms with Crippen molar-refractivity contribution in [1.82, 2.24) is 9.80 Å². The molecule has 168 valence electrons. The topological polar surface area (TPSA) is 91.4 Å². The van der Waals surface area contributed by atoms with Gasteiger partial charge in [-0.05, 0) is 56.7 Å². The Kier molecular flexibility index (Phi) is 7.21. The Balaban J connectivity index is 1.71. The minimum absolute atomic E-state index is 0.129. The lowest BCUT2D eigenvalue weighted by Gasteiger charge is -2.46. The highest BCUT2D eigenvalue weighted by atomic mass is 35.5. The van der Waals surface area contributed by atoms with Crippen LogP contribution in [0.5, 0.6) is 0 Å². The summed E-state index contributed by atoms with van der Waals surface area (Å²) in [6.07, 6.45) is 0. The average Bonchev–Trinajstić information content (AvgIpc) is 2.75. The molecular formula is C23H25Cl2N5O2. The Labute approximate surface area is 197 Å². The number of halogens is 2. The number of rotatable bonds is 3. The van der Waals surface area contributed by atoms with Crippen LogP contribution in [-0.2, 0) is 4.79 Å². The maximum Gasteiger partial charge on any atom is 0.291 e. The number of carbonyl (C=O) groups excluding carboxylic acids is 2. The number of hydrogen-bond acceptors (Lipinski definition) is 4. The Bertz CT molecular complexity index is 1100. The molecule has 0 aromatic heterocycles. The molecule has 2 amide bonds. The van der Waals surface area contributed by atoms with Crippen molar-refractivity contribution in [2.75, 3.05) is 19.6 Å². The van der Waals surface area contributed by atoms with E-state index in [1.54, 1.807) is 53.1 Å². The van der Waals surface area contributed by atoms with Crippen LogP contribution >= 0.6 is 23.2 Å². The van der Waals surface area contributed by atoms with Gasteiger partial charge in [0.1, 0.15) is 0 Å². The summed E-state index contributed by atoms with van der Waals surface area (Å²) in [5.74, 6) is -0.766. The van der Waals surface area contributed by atoms with Gasteiger partial charge < -0.3 is 15.5 Å². The van der Waals surface area contributed by atoms with Gasteiger partial charge in [0.2, 0.25) is 5.84 Å². The van der Waals surface area contributed by atoms with Gasteiger partial charge in [-0.15, -0.1) is 5.10 Å². The van der Waals surface area contributed by atoms with E-state index in [-0.39, 0.29) is 11.7 Å². The lowest BCUT2D eigenvalue weighted by Crippen LogP contribution is -2.63. The third-order valence-electron chi connectivity index (χ3n) is 5.28. The van der Waals surface area contributed by atoms with Crippen LogP contribution in [0.1, 0.15) is 36.7 Å². The fourth-order valence-corrected chi connectivity index (χ4v) is 3.97. The summed E-state index contributed by atoms with van der Waals surface area (Å²) >= 11 is 12.0. The summed E-state index contributed by atoms with van der Waals surface area (Å²) in [6.45, 7) is 6.58. The first-order valence-corrected chi connectivity index (χ1v) is 10.8. The number of hydrogen-bond donors (Lipinski definition) is 1. The predicted octanol–water partition coefficient (Wildman–Crippen LogP) is 3.84. The van der Waals surface area contributed by atoms with Gasteiger partial charge >= 0.3 is 0 Å². The van der Waals surface area contributed by atoms with E-state index in [2.05, 4.69) is 10.2 Å². The highest BCUT2D eigenvalue weighted by molar-refractivity contribution is 6.37. The normalized spacial score (nSPS) is 16.8. The Morgan fingerprint density at radius 2 is 1.56 bits per heavy atom. The molecule has 0 saturated carbocycles. The monoisotopic (exact) mass is 473 g/mol. The number of benzene rings is 2. The molecule has 0 radical (unpaired) electrons. The maximum absolute atomic E-state index is 13.0. The first-order valence-electron chi connectivity index (χ1n) is 10.1. The second kappa shape index (κ2) is 9.71. The Morgan fingerprint density at radius 1 is 0.969 bits per heavy atom. The first kappa shape index (κ1) is 23.8. The van der Waals surface area contributed by atoms with Crippen molar-refractivity contribution in [2.45, 2.75) is 26.3 Å². The number of piperazine rings is 1. The van der Waals surface area contributed by atoms with Crippen LogP contribution in [0.3, 0.4) is 0 Å². The minimum Gasteiger partial charge on any atom is -0.378 e. The quantitative estimate of drug-likeness (QED) is 0.416. The number of amidine groups is 1. The van der Waals surface area contributed by atoms with Crippen LogP contribution in [0.4, 0.5) is 0 Å². The van der Waals surface area contributed by atoms with E-state index in [1.807, 2.05) is 26.0 Å².